The van der Waals surface area contributed by atoms with Crippen molar-refractivity contribution in [3.63, 3.8) is 0 Å². The van der Waals surface area contributed by atoms with Crippen molar-refractivity contribution in [1.29, 1.82) is 0 Å². The van der Waals surface area contributed by atoms with E-state index in [2.05, 4.69) is 0 Å². The number of ether oxygens (including phenoxy) is 2. The van der Waals surface area contributed by atoms with E-state index < -0.39 is 28.9 Å². The molecule has 0 bridgehead atoms. The van der Waals surface area contributed by atoms with Crippen molar-refractivity contribution in [3.8, 4) is 0 Å². The Morgan fingerprint density at radius 3 is 1.14 bits per heavy atom. The molecule has 28 heavy (non-hydrogen) atoms. The standard InChI is InChI=1S/C23H26O5/c1-22(2,3)27-20(25)17-13-9-7-11-15(17)19(24)16-12-8-10-14-18(16)21(26)28-23(4,5)6/h7-14H,1-6H3. The lowest BCUT2D eigenvalue weighted by molar-refractivity contribution is 0.00575. The fraction of sp³-hybridized carbons (Fsp3) is 0.348. The van der Waals surface area contributed by atoms with E-state index in [4.69, 9.17) is 9.47 Å². The Bertz CT molecular complexity index is 824. The van der Waals surface area contributed by atoms with E-state index >= 15 is 0 Å². The molecule has 0 aliphatic heterocycles. The second-order valence-corrected chi connectivity index (χ2v) is 8.42. The van der Waals surface area contributed by atoms with Crippen LogP contribution in [0.5, 0.6) is 0 Å². The summed E-state index contributed by atoms with van der Waals surface area (Å²) in [5.41, 5.74) is -0.730. The van der Waals surface area contributed by atoms with Crippen LogP contribution in [0, 0.1) is 0 Å². The molecule has 0 saturated heterocycles. The second kappa shape index (κ2) is 7.97. The Balaban J connectivity index is 2.46. The summed E-state index contributed by atoms with van der Waals surface area (Å²) in [5, 5.41) is 0. The first-order valence-corrected chi connectivity index (χ1v) is 9.08. The minimum Gasteiger partial charge on any atom is -0.456 e. The van der Waals surface area contributed by atoms with E-state index in [9.17, 15) is 14.4 Å². The molecular formula is C23H26O5. The van der Waals surface area contributed by atoms with E-state index in [1.54, 1.807) is 77.9 Å². The molecule has 0 spiro atoms. The number of ketones is 1. The van der Waals surface area contributed by atoms with Gasteiger partial charge in [-0.05, 0) is 53.7 Å². The van der Waals surface area contributed by atoms with Crippen LogP contribution in [0.25, 0.3) is 0 Å². The summed E-state index contributed by atoms with van der Waals surface area (Å²) in [5.74, 6) is -1.62. The van der Waals surface area contributed by atoms with Crippen LogP contribution in [0.2, 0.25) is 0 Å². The number of hydrogen-bond donors (Lipinski definition) is 0. The van der Waals surface area contributed by atoms with E-state index in [1.165, 1.54) is 12.1 Å². The SMILES string of the molecule is CC(C)(C)OC(=O)c1ccccc1C(=O)c1ccccc1C(=O)OC(C)(C)C. The highest BCUT2D eigenvalue weighted by molar-refractivity contribution is 6.18. The molecule has 0 aliphatic rings. The van der Waals surface area contributed by atoms with Gasteiger partial charge in [0.05, 0.1) is 11.1 Å². The summed E-state index contributed by atoms with van der Waals surface area (Å²) in [7, 11) is 0. The second-order valence-electron chi connectivity index (χ2n) is 8.42. The van der Waals surface area contributed by atoms with E-state index in [1.807, 2.05) is 0 Å². The highest BCUT2D eigenvalue weighted by atomic mass is 16.6. The third-order valence-electron chi connectivity index (χ3n) is 3.58. The molecule has 148 valence electrons. The average Bonchev–Trinajstić information content (AvgIpc) is 2.58. The zero-order valence-electron chi connectivity index (χ0n) is 17.2. The zero-order valence-corrected chi connectivity index (χ0v) is 17.2. The maximum Gasteiger partial charge on any atom is 0.339 e. The number of hydrogen-bond acceptors (Lipinski definition) is 5. The number of esters is 2. The van der Waals surface area contributed by atoms with Crippen LogP contribution in [-0.2, 0) is 9.47 Å². The summed E-state index contributed by atoms with van der Waals surface area (Å²) in [6.07, 6.45) is 0. The number of carbonyl (C=O) groups excluding carboxylic acids is 3. The lowest BCUT2D eigenvalue weighted by Crippen LogP contribution is -2.26. The maximum atomic E-state index is 13.2. The summed E-state index contributed by atoms with van der Waals surface area (Å²) in [4.78, 5) is 38.3. The topological polar surface area (TPSA) is 69.7 Å². The lowest BCUT2D eigenvalue weighted by atomic mass is 9.95. The van der Waals surface area contributed by atoms with Crippen molar-refractivity contribution < 1.29 is 23.9 Å². The van der Waals surface area contributed by atoms with Crippen LogP contribution in [0.15, 0.2) is 48.5 Å². The van der Waals surface area contributed by atoms with Gasteiger partial charge in [0.2, 0.25) is 0 Å². The molecule has 0 saturated carbocycles. The number of rotatable bonds is 4. The first kappa shape index (κ1) is 21.4. The smallest absolute Gasteiger partial charge is 0.339 e. The van der Waals surface area contributed by atoms with E-state index in [0.29, 0.717) is 0 Å². The molecule has 2 aromatic carbocycles. The summed E-state index contributed by atoms with van der Waals surface area (Å²) < 4.78 is 10.8. The van der Waals surface area contributed by atoms with Gasteiger partial charge in [-0.15, -0.1) is 0 Å². The van der Waals surface area contributed by atoms with Gasteiger partial charge in [-0.1, -0.05) is 36.4 Å². The van der Waals surface area contributed by atoms with Crippen LogP contribution in [0.1, 0.15) is 78.2 Å². The minimum absolute atomic E-state index is 0.154. The van der Waals surface area contributed by atoms with Crippen molar-refractivity contribution in [2.45, 2.75) is 52.7 Å². The number of benzene rings is 2. The molecule has 0 amide bonds. The van der Waals surface area contributed by atoms with Gasteiger partial charge in [0, 0.05) is 11.1 Å². The third kappa shape index (κ3) is 5.52. The Kier molecular flexibility index (Phi) is 6.07. The predicted octanol–water partition coefficient (Wildman–Crippen LogP) is 4.83. The summed E-state index contributed by atoms with van der Waals surface area (Å²) in [6.45, 7) is 10.5. The summed E-state index contributed by atoms with van der Waals surface area (Å²) in [6, 6.07) is 12.8. The normalized spacial score (nSPS) is 11.6. The Morgan fingerprint density at radius 1 is 0.571 bits per heavy atom. The van der Waals surface area contributed by atoms with Crippen LogP contribution in [-0.4, -0.2) is 28.9 Å². The molecule has 0 atom stereocenters. The summed E-state index contributed by atoms with van der Waals surface area (Å²) >= 11 is 0. The van der Waals surface area contributed by atoms with Crippen molar-refractivity contribution in [2.24, 2.45) is 0 Å². The van der Waals surface area contributed by atoms with Gasteiger partial charge in [-0.3, -0.25) is 4.79 Å². The van der Waals surface area contributed by atoms with Crippen molar-refractivity contribution in [1.82, 2.24) is 0 Å². The molecule has 0 fully saturated rings. The quantitative estimate of drug-likeness (QED) is 0.560. The molecule has 5 nitrogen and oxygen atoms in total. The fourth-order valence-electron chi connectivity index (χ4n) is 2.53. The first-order valence-electron chi connectivity index (χ1n) is 9.08. The molecule has 0 radical (unpaired) electrons. The van der Waals surface area contributed by atoms with Crippen molar-refractivity contribution >= 4 is 17.7 Å². The van der Waals surface area contributed by atoms with Crippen molar-refractivity contribution in [2.75, 3.05) is 0 Å². The van der Waals surface area contributed by atoms with Crippen LogP contribution < -0.4 is 0 Å². The van der Waals surface area contributed by atoms with Gasteiger partial charge in [0.25, 0.3) is 0 Å². The maximum absolute atomic E-state index is 13.2. The molecule has 5 heteroatoms. The predicted molar refractivity (Wildman–Crippen MR) is 107 cm³/mol. The highest BCUT2D eigenvalue weighted by Crippen LogP contribution is 2.22. The van der Waals surface area contributed by atoms with Gasteiger partial charge < -0.3 is 9.47 Å². The molecular weight excluding hydrogens is 356 g/mol. The Hall–Kier alpha value is -2.95. The zero-order chi connectivity index (χ0) is 21.1. The Labute approximate surface area is 165 Å². The highest BCUT2D eigenvalue weighted by Gasteiger charge is 2.27. The molecule has 0 aromatic heterocycles. The third-order valence-corrected chi connectivity index (χ3v) is 3.58. The van der Waals surface area contributed by atoms with Crippen LogP contribution in [0.4, 0.5) is 0 Å². The minimum atomic E-state index is -0.693. The average molecular weight is 382 g/mol. The van der Waals surface area contributed by atoms with E-state index in [-0.39, 0.29) is 22.3 Å². The van der Waals surface area contributed by atoms with Gasteiger partial charge in [-0.25, -0.2) is 9.59 Å². The van der Waals surface area contributed by atoms with Gasteiger partial charge in [-0.2, -0.15) is 0 Å². The number of carbonyl (C=O) groups is 3. The van der Waals surface area contributed by atoms with Gasteiger partial charge >= 0.3 is 11.9 Å². The molecule has 0 aliphatic carbocycles. The van der Waals surface area contributed by atoms with E-state index in [0.717, 1.165) is 0 Å². The molecule has 2 aromatic rings. The van der Waals surface area contributed by atoms with Crippen LogP contribution in [0.3, 0.4) is 0 Å². The van der Waals surface area contributed by atoms with Gasteiger partial charge in [0.1, 0.15) is 11.2 Å². The lowest BCUT2D eigenvalue weighted by Gasteiger charge is -2.21. The molecule has 0 unspecified atom stereocenters. The first-order chi connectivity index (χ1) is 12.9. The largest absolute Gasteiger partial charge is 0.456 e. The fourth-order valence-corrected chi connectivity index (χ4v) is 2.53. The Morgan fingerprint density at radius 2 is 0.857 bits per heavy atom. The molecule has 2 rings (SSSR count). The van der Waals surface area contributed by atoms with Gasteiger partial charge in [0.15, 0.2) is 5.78 Å². The van der Waals surface area contributed by atoms with Crippen molar-refractivity contribution in [3.05, 3.63) is 70.8 Å². The molecule has 0 heterocycles. The molecule has 0 N–H and O–H groups in total. The monoisotopic (exact) mass is 382 g/mol. The van der Waals surface area contributed by atoms with Crippen LogP contribution >= 0.6 is 0 Å².